The van der Waals surface area contributed by atoms with E-state index in [1.54, 1.807) is 19.2 Å². The van der Waals surface area contributed by atoms with E-state index < -0.39 is 6.10 Å². The largest absolute Gasteiger partial charge is 0.497 e. The first-order valence-corrected chi connectivity index (χ1v) is 9.75. The fourth-order valence-electron chi connectivity index (χ4n) is 3.88. The minimum atomic E-state index is -0.531. The number of aryl methyl sites for hydroxylation is 1. The van der Waals surface area contributed by atoms with Gasteiger partial charge in [-0.25, -0.2) is 9.69 Å². The maximum atomic E-state index is 10.8. The molecule has 0 radical (unpaired) electrons. The van der Waals surface area contributed by atoms with E-state index in [4.69, 9.17) is 17.9 Å². The number of ether oxygens (including phenoxy) is 1. The number of aromatic nitrogens is 1. The lowest BCUT2D eigenvalue weighted by molar-refractivity contribution is 0.147. The van der Waals surface area contributed by atoms with E-state index in [9.17, 15) is 5.11 Å². The zero-order valence-corrected chi connectivity index (χ0v) is 16.7. The van der Waals surface area contributed by atoms with Crippen molar-refractivity contribution in [2.75, 3.05) is 7.11 Å². The highest BCUT2D eigenvalue weighted by molar-refractivity contribution is 6.10. The highest BCUT2D eigenvalue weighted by atomic mass is 16.5. The van der Waals surface area contributed by atoms with Crippen LogP contribution in [0.2, 0.25) is 0 Å². The molecule has 1 heterocycles. The van der Waals surface area contributed by atoms with E-state index in [-0.39, 0.29) is 0 Å². The fourth-order valence-corrected chi connectivity index (χ4v) is 3.88. The van der Waals surface area contributed by atoms with Crippen molar-refractivity contribution in [2.24, 2.45) is 0 Å². The molecule has 0 spiro atoms. The van der Waals surface area contributed by atoms with Gasteiger partial charge in [0.05, 0.1) is 26.4 Å². The molecule has 4 rings (SSSR count). The van der Waals surface area contributed by atoms with Gasteiger partial charge in [-0.2, -0.15) is 0 Å². The molecule has 0 aliphatic rings. The van der Waals surface area contributed by atoms with Crippen molar-refractivity contribution in [2.45, 2.75) is 25.5 Å². The van der Waals surface area contributed by atoms with Crippen molar-refractivity contribution in [3.8, 4) is 5.75 Å². The summed E-state index contributed by atoms with van der Waals surface area (Å²) in [5, 5.41) is 12.6. The van der Waals surface area contributed by atoms with Gasteiger partial charge in [-0.1, -0.05) is 24.3 Å². The van der Waals surface area contributed by atoms with Crippen LogP contribution in [0.25, 0.3) is 31.5 Å². The van der Waals surface area contributed by atoms with Crippen molar-refractivity contribution in [3.63, 3.8) is 0 Å². The number of aliphatic hydroxyl groups is 1. The maximum absolute atomic E-state index is 10.8. The monoisotopic (exact) mass is 395 g/mol. The number of hydrogen-bond acceptors (Lipinski definition) is 2. The van der Waals surface area contributed by atoms with E-state index in [1.807, 2.05) is 48.5 Å². The number of rotatable bonds is 6. The Morgan fingerprint density at radius 3 is 2.13 bits per heavy atom. The van der Waals surface area contributed by atoms with Crippen LogP contribution < -0.4 is 4.74 Å². The first-order valence-electron chi connectivity index (χ1n) is 9.75. The third-order valence-corrected chi connectivity index (χ3v) is 5.38. The summed E-state index contributed by atoms with van der Waals surface area (Å²) in [6, 6.07) is 19.0. The summed E-state index contributed by atoms with van der Waals surface area (Å²) < 4.78 is 7.36. The molecular weight excluding hydrogens is 374 g/mol. The van der Waals surface area contributed by atoms with Gasteiger partial charge < -0.3 is 14.4 Å². The Morgan fingerprint density at radius 1 is 0.933 bits per heavy atom. The summed E-state index contributed by atoms with van der Waals surface area (Å²) in [5.41, 5.74) is 4.17. The predicted molar refractivity (Wildman–Crippen MR) is 119 cm³/mol. The summed E-state index contributed by atoms with van der Waals surface area (Å²) in [4.78, 5) is 7.08. The van der Waals surface area contributed by atoms with E-state index >= 15 is 0 Å². The summed E-state index contributed by atoms with van der Waals surface area (Å²) in [7, 11) is 1.65. The summed E-state index contributed by atoms with van der Waals surface area (Å²) in [6.45, 7) is 15.1. The molecule has 0 bridgehead atoms. The summed E-state index contributed by atoms with van der Waals surface area (Å²) in [5.74, 6) is 0.815. The Hall–Kier alpha value is -3.80. The Morgan fingerprint density at radius 2 is 1.57 bits per heavy atom. The molecule has 4 aromatic rings. The first kappa shape index (κ1) is 19.5. The first-order chi connectivity index (χ1) is 14.6. The Bertz CT molecular complexity index is 1240. The standard InChI is InChI=1S/C25H21N3O2/c1-26-18-8-11-24-22(14-18)23-15-19(27-2)9-12-25(23)28(24)16-20(29)10-7-17-5-4-6-21(13-17)30-3/h4-6,8-9,11-15,20,29H,7,10,16H2,3H3. The van der Waals surface area contributed by atoms with Crippen LogP contribution in [-0.4, -0.2) is 22.9 Å². The number of nitrogens with zero attached hydrogens (tertiary/aromatic N) is 3. The van der Waals surface area contributed by atoms with Crippen molar-refractivity contribution in [1.82, 2.24) is 4.57 Å². The third kappa shape index (κ3) is 3.72. The number of fused-ring (bicyclic) bond motifs is 3. The van der Waals surface area contributed by atoms with Crippen molar-refractivity contribution in [1.29, 1.82) is 0 Å². The second-order valence-corrected chi connectivity index (χ2v) is 7.28. The molecule has 1 atom stereocenters. The summed E-state index contributed by atoms with van der Waals surface area (Å²) in [6.07, 6.45) is 0.837. The predicted octanol–water partition coefficient (Wildman–Crippen LogP) is 5.90. The molecule has 5 heteroatoms. The van der Waals surface area contributed by atoms with Crippen LogP contribution in [-0.2, 0) is 13.0 Å². The van der Waals surface area contributed by atoms with Crippen molar-refractivity contribution in [3.05, 3.63) is 89.1 Å². The van der Waals surface area contributed by atoms with Crippen LogP contribution in [0.15, 0.2) is 60.7 Å². The summed E-state index contributed by atoms with van der Waals surface area (Å²) >= 11 is 0. The number of benzene rings is 3. The molecule has 0 aliphatic heterocycles. The fraction of sp³-hybridized carbons (Fsp3) is 0.200. The molecule has 0 amide bonds. The Kier molecular flexibility index (Phi) is 5.39. The average Bonchev–Trinajstić information content (AvgIpc) is 3.09. The molecule has 0 saturated heterocycles. The van der Waals surface area contributed by atoms with Crippen LogP contribution >= 0.6 is 0 Å². The van der Waals surface area contributed by atoms with Crippen molar-refractivity contribution >= 4 is 33.2 Å². The van der Waals surface area contributed by atoms with Crippen LogP contribution in [0.4, 0.5) is 11.4 Å². The molecule has 0 aliphatic carbocycles. The lowest BCUT2D eigenvalue weighted by Gasteiger charge is -2.14. The molecule has 1 unspecified atom stereocenters. The van der Waals surface area contributed by atoms with Crippen LogP contribution in [0.3, 0.4) is 0 Å². The highest BCUT2D eigenvalue weighted by Gasteiger charge is 2.15. The third-order valence-electron chi connectivity index (χ3n) is 5.38. The van der Waals surface area contributed by atoms with Gasteiger partial charge in [0.15, 0.2) is 11.4 Å². The number of hydrogen-bond donors (Lipinski definition) is 1. The van der Waals surface area contributed by atoms with Crippen LogP contribution in [0.1, 0.15) is 12.0 Å². The topological polar surface area (TPSA) is 43.1 Å². The highest BCUT2D eigenvalue weighted by Crippen LogP contribution is 2.34. The zero-order chi connectivity index (χ0) is 21.1. The van der Waals surface area contributed by atoms with Gasteiger partial charge in [0.25, 0.3) is 0 Å². The van der Waals surface area contributed by atoms with E-state index in [0.29, 0.717) is 24.3 Å². The molecule has 30 heavy (non-hydrogen) atoms. The molecular formula is C25H21N3O2. The molecule has 3 aromatic carbocycles. The maximum Gasteiger partial charge on any atom is 0.188 e. The number of aliphatic hydroxyl groups excluding tert-OH is 1. The van der Waals surface area contributed by atoms with Gasteiger partial charge in [-0.3, -0.25) is 0 Å². The normalized spacial score (nSPS) is 11.9. The van der Waals surface area contributed by atoms with E-state index in [1.165, 1.54) is 0 Å². The molecule has 5 nitrogen and oxygen atoms in total. The van der Waals surface area contributed by atoms with Crippen LogP contribution in [0.5, 0.6) is 5.75 Å². The van der Waals surface area contributed by atoms with E-state index in [0.717, 1.165) is 39.5 Å². The second kappa shape index (κ2) is 8.29. The second-order valence-electron chi connectivity index (χ2n) is 7.28. The number of methoxy groups -OCH3 is 1. The zero-order valence-electron chi connectivity index (χ0n) is 16.7. The minimum absolute atomic E-state index is 0.443. The molecule has 1 N–H and O–H groups in total. The van der Waals surface area contributed by atoms with Gasteiger partial charge >= 0.3 is 0 Å². The average molecular weight is 395 g/mol. The lowest BCUT2D eigenvalue weighted by Crippen LogP contribution is -2.16. The van der Waals surface area contributed by atoms with Gasteiger partial charge in [0.2, 0.25) is 0 Å². The molecule has 0 fully saturated rings. The molecule has 1 aromatic heterocycles. The quantitative estimate of drug-likeness (QED) is 0.413. The van der Waals surface area contributed by atoms with Gasteiger partial charge in [-0.05, 0) is 65.6 Å². The Labute approximate surface area is 175 Å². The van der Waals surface area contributed by atoms with Crippen LogP contribution in [0, 0.1) is 13.1 Å². The minimum Gasteiger partial charge on any atom is -0.497 e. The van der Waals surface area contributed by atoms with E-state index in [2.05, 4.69) is 14.3 Å². The van der Waals surface area contributed by atoms with Gasteiger partial charge in [-0.15, -0.1) is 0 Å². The van der Waals surface area contributed by atoms with Crippen molar-refractivity contribution < 1.29 is 9.84 Å². The molecule has 148 valence electrons. The SMILES string of the molecule is [C-]#[N+]c1ccc2c(c1)c1cc([N+]#[C-])ccc1n2CC(O)CCc1cccc(OC)c1. The molecule has 0 saturated carbocycles. The van der Waals surface area contributed by atoms with Gasteiger partial charge in [0.1, 0.15) is 5.75 Å². The Balaban J connectivity index is 1.65. The lowest BCUT2D eigenvalue weighted by atomic mass is 10.1. The smallest absolute Gasteiger partial charge is 0.188 e. The van der Waals surface area contributed by atoms with Gasteiger partial charge in [0, 0.05) is 17.6 Å².